The number of benzene rings is 1. The maximum atomic E-state index is 13.0. The summed E-state index contributed by atoms with van der Waals surface area (Å²) in [5, 5.41) is 11.4. The van der Waals surface area contributed by atoms with Gasteiger partial charge in [-0.3, -0.25) is 0 Å². The van der Waals surface area contributed by atoms with Crippen LogP contribution in [-0.4, -0.2) is 20.2 Å². The minimum atomic E-state index is -0.245. The van der Waals surface area contributed by atoms with Crippen molar-refractivity contribution in [1.82, 2.24) is 20.2 Å². The van der Waals surface area contributed by atoms with Gasteiger partial charge in [0.25, 0.3) is 0 Å². The van der Waals surface area contributed by atoms with Crippen molar-refractivity contribution in [3.63, 3.8) is 0 Å². The molecule has 0 unspecified atom stereocenters. The van der Waals surface area contributed by atoms with Crippen molar-refractivity contribution in [3.05, 3.63) is 35.4 Å². The molecule has 6 heteroatoms. The second-order valence-corrected chi connectivity index (χ2v) is 3.39. The highest BCUT2D eigenvalue weighted by molar-refractivity contribution is 5.28. The van der Waals surface area contributed by atoms with E-state index in [0.717, 1.165) is 0 Å². The minimum Gasteiger partial charge on any atom is -0.485 e. The molecule has 0 saturated heterocycles. The molecule has 1 heterocycles. The molecule has 0 aliphatic carbocycles. The zero-order valence-electron chi connectivity index (χ0n) is 9.01. The van der Waals surface area contributed by atoms with Crippen molar-refractivity contribution in [2.45, 2.75) is 13.5 Å². The van der Waals surface area contributed by atoms with Gasteiger partial charge in [0.2, 0.25) is 5.82 Å². The van der Waals surface area contributed by atoms with Gasteiger partial charge in [-0.05, 0) is 35.9 Å². The van der Waals surface area contributed by atoms with Crippen LogP contribution in [0.1, 0.15) is 11.4 Å². The number of hydrogen-bond donors (Lipinski definition) is 0. The van der Waals surface area contributed by atoms with E-state index in [2.05, 4.69) is 15.4 Å². The van der Waals surface area contributed by atoms with Gasteiger partial charge in [-0.15, -0.1) is 10.2 Å². The number of rotatable bonds is 3. The molecule has 0 spiro atoms. The van der Waals surface area contributed by atoms with Crippen molar-refractivity contribution in [2.24, 2.45) is 7.05 Å². The van der Waals surface area contributed by atoms with Crippen LogP contribution in [0.25, 0.3) is 0 Å². The Balaban J connectivity index is 2.02. The predicted octanol–water partition coefficient (Wildman–Crippen LogP) is 1.24. The molecule has 0 amide bonds. The minimum absolute atomic E-state index is 0.221. The van der Waals surface area contributed by atoms with Crippen LogP contribution < -0.4 is 4.74 Å². The van der Waals surface area contributed by atoms with Gasteiger partial charge >= 0.3 is 0 Å². The Labute approximate surface area is 91.8 Å². The Morgan fingerprint density at radius 1 is 1.44 bits per heavy atom. The summed E-state index contributed by atoms with van der Waals surface area (Å²) in [5.41, 5.74) is 0.546. The third kappa shape index (κ3) is 2.33. The zero-order chi connectivity index (χ0) is 11.5. The highest BCUT2D eigenvalue weighted by atomic mass is 19.1. The number of halogens is 1. The number of aromatic nitrogens is 4. The molecule has 1 aromatic heterocycles. The number of nitrogens with zero attached hydrogens (tertiary/aromatic N) is 4. The van der Waals surface area contributed by atoms with Gasteiger partial charge < -0.3 is 4.74 Å². The Hall–Kier alpha value is -1.98. The van der Waals surface area contributed by atoms with Crippen LogP contribution in [0, 0.1) is 12.7 Å². The quantitative estimate of drug-likeness (QED) is 0.784. The lowest BCUT2D eigenvalue weighted by molar-refractivity contribution is 0.294. The molecule has 2 aromatic rings. The van der Waals surface area contributed by atoms with Crippen LogP contribution in [0.15, 0.2) is 18.2 Å². The smallest absolute Gasteiger partial charge is 0.212 e. The molecule has 84 valence electrons. The maximum absolute atomic E-state index is 13.0. The number of aryl methyl sites for hydroxylation is 2. The summed E-state index contributed by atoms with van der Waals surface area (Å²) in [6, 6.07) is 4.57. The van der Waals surface area contributed by atoms with Crippen molar-refractivity contribution in [1.29, 1.82) is 0 Å². The number of hydrogen-bond acceptors (Lipinski definition) is 4. The number of ether oxygens (including phenoxy) is 1. The fourth-order valence-electron chi connectivity index (χ4n) is 1.24. The average Bonchev–Trinajstić information content (AvgIpc) is 2.66. The summed E-state index contributed by atoms with van der Waals surface area (Å²) < 4.78 is 18.4. The van der Waals surface area contributed by atoms with Gasteiger partial charge in [0.1, 0.15) is 11.6 Å². The summed E-state index contributed by atoms with van der Waals surface area (Å²) in [7, 11) is 1.68. The molecule has 5 nitrogen and oxygen atoms in total. The third-order valence-electron chi connectivity index (χ3n) is 2.05. The summed E-state index contributed by atoms with van der Waals surface area (Å²) in [4.78, 5) is 1.36. The molecular formula is C10H11FN4O. The molecule has 0 N–H and O–H groups in total. The molecule has 0 aliphatic heterocycles. The molecule has 0 atom stereocenters. The first-order valence-corrected chi connectivity index (χ1v) is 4.77. The fourth-order valence-corrected chi connectivity index (χ4v) is 1.24. The first-order chi connectivity index (χ1) is 7.65. The van der Waals surface area contributed by atoms with Gasteiger partial charge in [-0.25, -0.2) is 4.39 Å². The van der Waals surface area contributed by atoms with Crippen LogP contribution in [-0.2, 0) is 13.7 Å². The summed E-state index contributed by atoms with van der Waals surface area (Å²) in [6.45, 7) is 1.90. The molecular weight excluding hydrogens is 211 g/mol. The van der Waals surface area contributed by atoms with Crippen LogP contribution >= 0.6 is 0 Å². The summed E-state index contributed by atoms with van der Waals surface area (Å²) in [5.74, 6) is 0.834. The van der Waals surface area contributed by atoms with Gasteiger partial charge in [0.15, 0.2) is 6.61 Å². The predicted molar refractivity (Wildman–Crippen MR) is 54.3 cm³/mol. The molecule has 0 bridgehead atoms. The van der Waals surface area contributed by atoms with E-state index in [1.807, 2.05) is 0 Å². The van der Waals surface area contributed by atoms with Crippen LogP contribution in [0.2, 0.25) is 0 Å². The SMILES string of the molecule is Cc1cc(OCc2nnn(C)n2)ccc1F. The summed E-state index contributed by atoms with van der Waals surface area (Å²) >= 11 is 0. The van der Waals surface area contributed by atoms with E-state index >= 15 is 0 Å². The maximum Gasteiger partial charge on any atom is 0.212 e. The molecule has 16 heavy (non-hydrogen) atoms. The zero-order valence-corrected chi connectivity index (χ0v) is 9.01. The van der Waals surface area contributed by atoms with E-state index in [0.29, 0.717) is 17.1 Å². The Morgan fingerprint density at radius 3 is 2.88 bits per heavy atom. The number of tetrazole rings is 1. The lowest BCUT2D eigenvalue weighted by atomic mass is 10.2. The lowest BCUT2D eigenvalue weighted by Crippen LogP contribution is -1.99. The molecule has 1 aromatic carbocycles. The van der Waals surface area contributed by atoms with Crippen molar-refractivity contribution >= 4 is 0 Å². The second kappa shape index (κ2) is 4.26. The Kier molecular flexibility index (Phi) is 2.80. The van der Waals surface area contributed by atoms with Gasteiger partial charge in [0, 0.05) is 0 Å². The van der Waals surface area contributed by atoms with Gasteiger partial charge in [-0.1, -0.05) is 0 Å². The highest BCUT2D eigenvalue weighted by Crippen LogP contribution is 2.16. The van der Waals surface area contributed by atoms with Crippen molar-refractivity contribution in [2.75, 3.05) is 0 Å². The largest absolute Gasteiger partial charge is 0.485 e. The Bertz CT molecular complexity index is 497. The first-order valence-electron chi connectivity index (χ1n) is 4.77. The monoisotopic (exact) mass is 222 g/mol. The molecule has 0 radical (unpaired) electrons. The standard InChI is InChI=1S/C10H11FN4O/c1-7-5-8(3-4-9(7)11)16-6-10-12-14-15(2)13-10/h3-5H,6H2,1-2H3. The normalized spacial score (nSPS) is 10.4. The van der Waals surface area contributed by atoms with E-state index in [-0.39, 0.29) is 12.4 Å². The first kappa shape index (κ1) is 10.5. The molecule has 0 fully saturated rings. The molecule has 2 rings (SSSR count). The van der Waals surface area contributed by atoms with Crippen LogP contribution in [0.3, 0.4) is 0 Å². The van der Waals surface area contributed by atoms with E-state index < -0.39 is 0 Å². The van der Waals surface area contributed by atoms with Crippen molar-refractivity contribution < 1.29 is 9.13 Å². The van der Waals surface area contributed by atoms with Crippen molar-refractivity contribution in [3.8, 4) is 5.75 Å². The summed E-state index contributed by atoms with van der Waals surface area (Å²) in [6.07, 6.45) is 0. The second-order valence-electron chi connectivity index (χ2n) is 3.39. The molecule has 0 aliphatic rings. The third-order valence-corrected chi connectivity index (χ3v) is 2.05. The Morgan fingerprint density at radius 2 is 2.25 bits per heavy atom. The fraction of sp³-hybridized carbons (Fsp3) is 0.300. The van der Waals surface area contributed by atoms with Gasteiger partial charge in [-0.2, -0.15) is 4.80 Å². The van der Waals surface area contributed by atoms with E-state index in [4.69, 9.17) is 4.74 Å². The lowest BCUT2D eigenvalue weighted by Gasteiger charge is -2.04. The van der Waals surface area contributed by atoms with E-state index in [1.165, 1.54) is 10.9 Å². The molecule has 0 saturated carbocycles. The van der Waals surface area contributed by atoms with Crippen LogP contribution in [0.5, 0.6) is 5.75 Å². The van der Waals surface area contributed by atoms with Crippen LogP contribution in [0.4, 0.5) is 4.39 Å². The topological polar surface area (TPSA) is 52.8 Å². The highest BCUT2D eigenvalue weighted by Gasteiger charge is 2.03. The van der Waals surface area contributed by atoms with Gasteiger partial charge in [0.05, 0.1) is 7.05 Å². The average molecular weight is 222 g/mol. The van der Waals surface area contributed by atoms with E-state index in [9.17, 15) is 4.39 Å². The van der Waals surface area contributed by atoms with E-state index in [1.54, 1.807) is 26.1 Å².